The Hall–Kier alpha value is -2.90. The number of aromatic nitrogens is 2. The summed E-state index contributed by atoms with van der Waals surface area (Å²) in [6.07, 6.45) is 1.80. The Bertz CT molecular complexity index is 615. The Labute approximate surface area is 114 Å². The first-order chi connectivity index (χ1) is 9.58. The summed E-state index contributed by atoms with van der Waals surface area (Å²) in [5.41, 5.74) is 6.13. The Kier molecular flexibility index (Phi) is 3.94. The van der Waals surface area contributed by atoms with Crippen LogP contribution in [0.5, 0.6) is 5.75 Å². The van der Waals surface area contributed by atoms with Crippen molar-refractivity contribution in [3.8, 4) is 5.75 Å². The van der Waals surface area contributed by atoms with Crippen LogP contribution in [-0.2, 0) is 6.42 Å². The summed E-state index contributed by atoms with van der Waals surface area (Å²) in [5.74, 6) is 0.124. The number of nitrogens with two attached hydrogens (primary N) is 1. The van der Waals surface area contributed by atoms with E-state index >= 15 is 0 Å². The van der Waals surface area contributed by atoms with E-state index in [0.717, 1.165) is 5.56 Å². The van der Waals surface area contributed by atoms with Gasteiger partial charge < -0.3 is 16.2 Å². The van der Waals surface area contributed by atoms with Gasteiger partial charge in [-0.3, -0.25) is 10.1 Å². The molecule has 0 atom stereocenters. The number of nitrogen functional groups attached to an aromatic ring is 1. The zero-order valence-electron chi connectivity index (χ0n) is 10.5. The minimum atomic E-state index is -0.613. The van der Waals surface area contributed by atoms with Crippen molar-refractivity contribution >= 4 is 17.3 Å². The molecule has 0 unspecified atom stereocenters. The van der Waals surface area contributed by atoms with Crippen LogP contribution >= 0.6 is 0 Å². The second-order valence-electron chi connectivity index (χ2n) is 4.06. The van der Waals surface area contributed by atoms with Crippen LogP contribution < -0.4 is 11.1 Å². The van der Waals surface area contributed by atoms with Crippen molar-refractivity contribution in [3.05, 3.63) is 46.3 Å². The van der Waals surface area contributed by atoms with Gasteiger partial charge in [-0.25, -0.2) is 9.97 Å². The van der Waals surface area contributed by atoms with Crippen LogP contribution in [0.25, 0.3) is 0 Å². The molecule has 0 aliphatic carbocycles. The van der Waals surface area contributed by atoms with Crippen LogP contribution in [0.4, 0.5) is 17.3 Å². The molecule has 0 saturated heterocycles. The fourth-order valence-corrected chi connectivity index (χ4v) is 1.69. The number of aromatic hydroxyl groups is 1. The molecule has 0 radical (unpaired) electrons. The minimum Gasteiger partial charge on any atom is -0.508 e. The van der Waals surface area contributed by atoms with Crippen molar-refractivity contribution in [2.45, 2.75) is 6.42 Å². The molecule has 8 heteroatoms. The van der Waals surface area contributed by atoms with Gasteiger partial charge in [-0.15, -0.1) is 0 Å². The lowest BCUT2D eigenvalue weighted by Gasteiger charge is -2.07. The number of benzene rings is 1. The second kappa shape index (κ2) is 5.83. The molecule has 0 saturated carbocycles. The average Bonchev–Trinajstić information content (AvgIpc) is 2.40. The number of anilines is 2. The van der Waals surface area contributed by atoms with Gasteiger partial charge in [-0.1, -0.05) is 12.1 Å². The van der Waals surface area contributed by atoms with Gasteiger partial charge in [-0.2, -0.15) is 0 Å². The average molecular weight is 275 g/mol. The highest BCUT2D eigenvalue weighted by Crippen LogP contribution is 2.26. The first-order valence-corrected chi connectivity index (χ1v) is 5.84. The van der Waals surface area contributed by atoms with Crippen LogP contribution in [0.2, 0.25) is 0 Å². The first-order valence-electron chi connectivity index (χ1n) is 5.84. The highest BCUT2D eigenvalue weighted by molar-refractivity contribution is 5.67. The van der Waals surface area contributed by atoms with Gasteiger partial charge in [0.25, 0.3) is 0 Å². The smallest absolute Gasteiger partial charge is 0.352 e. The fraction of sp³-hybridized carbons (Fsp3) is 0.167. The molecule has 4 N–H and O–H groups in total. The summed E-state index contributed by atoms with van der Waals surface area (Å²) < 4.78 is 0. The maximum Gasteiger partial charge on any atom is 0.352 e. The van der Waals surface area contributed by atoms with Gasteiger partial charge in [0.05, 0.1) is 4.92 Å². The van der Waals surface area contributed by atoms with E-state index in [0.29, 0.717) is 13.0 Å². The quantitative estimate of drug-likeness (QED) is 0.554. The van der Waals surface area contributed by atoms with Crippen molar-refractivity contribution in [1.29, 1.82) is 0 Å². The predicted octanol–water partition coefficient (Wildman–Crippen LogP) is 1.33. The molecule has 0 spiro atoms. The van der Waals surface area contributed by atoms with Crippen molar-refractivity contribution in [1.82, 2.24) is 9.97 Å². The number of hydrogen-bond acceptors (Lipinski definition) is 7. The van der Waals surface area contributed by atoms with Crippen LogP contribution in [0, 0.1) is 10.1 Å². The molecule has 0 aliphatic heterocycles. The third kappa shape index (κ3) is 3.10. The molecule has 2 aromatic rings. The molecule has 2 rings (SSSR count). The van der Waals surface area contributed by atoms with E-state index in [1.807, 2.05) is 0 Å². The van der Waals surface area contributed by atoms with Crippen LogP contribution in [0.15, 0.2) is 30.6 Å². The summed E-state index contributed by atoms with van der Waals surface area (Å²) in [6.45, 7) is 0.446. The van der Waals surface area contributed by atoms with Crippen molar-refractivity contribution in [3.63, 3.8) is 0 Å². The lowest BCUT2D eigenvalue weighted by Crippen LogP contribution is -2.10. The fourth-order valence-electron chi connectivity index (χ4n) is 1.69. The standard InChI is InChI=1S/C12H13N5O3/c13-11-10(17(19)20)12(16-7-15-11)14-6-5-8-1-3-9(18)4-2-8/h1-4,7,18H,5-6H2,(H3,13,14,15,16). The normalized spacial score (nSPS) is 10.2. The van der Waals surface area contributed by atoms with Gasteiger partial charge >= 0.3 is 5.69 Å². The topological polar surface area (TPSA) is 127 Å². The number of phenols is 1. The molecule has 0 amide bonds. The number of hydrogen-bond donors (Lipinski definition) is 3. The molecule has 8 nitrogen and oxygen atoms in total. The van der Waals surface area contributed by atoms with E-state index in [4.69, 9.17) is 10.8 Å². The van der Waals surface area contributed by atoms with Crippen molar-refractivity contribution in [2.24, 2.45) is 0 Å². The summed E-state index contributed by atoms with van der Waals surface area (Å²) in [4.78, 5) is 17.7. The molecule has 0 bridgehead atoms. The Morgan fingerprint density at radius 1 is 1.30 bits per heavy atom. The Balaban J connectivity index is 2.02. The molecular formula is C12H13N5O3. The SMILES string of the molecule is Nc1ncnc(NCCc2ccc(O)cc2)c1[N+](=O)[O-]. The van der Waals surface area contributed by atoms with E-state index in [1.54, 1.807) is 24.3 Å². The summed E-state index contributed by atoms with van der Waals surface area (Å²) >= 11 is 0. The second-order valence-corrected chi connectivity index (χ2v) is 4.06. The molecule has 20 heavy (non-hydrogen) atoms. The van der Waals surface area contributed by atoms with Crippen LogP contribution in [0.1, 0.15) is 5.56 Å². The third-order valence-corrected chi connectivity index (χ3v) is 2.68. The molecule has 0 fully saturated rings. The first kappa shape index (κ1) is 13.5. The van der Waals surface area contributed by atoms with Gasteiger partial charge in [0, 0.05) is 6.54 Å². The molecule has 1 heterocycles. The lowest BCUT2D eigenvalue weighted by molar-refractivity contribution is -0.383. The molecule has 104 valence electrons. The van der Waals surface area contributed by atoms with Crippen LogP contribution in [0.3, 0.4) is 0 Å². The number of phenolic OH excluding ortho intramolecular Hbond substituents is 1. The third-order valence-electron chi connectivity index (χ3n) is 2.68. The molecule has 0 aliphatic rings. The monoisotopic (exact) mass is 275 g/mol. The predicted molar refractivity (Wildman–Crippen MR) is 73.4 cm³/mol. The van der Waals surface area contributed by atoms with Crippen molar-refractivity contribution in [2.75, 3.05) is 17.6 Å². The van der Waals surface area contributed by atoms with Gasteiger partial charge in [0.1, 0.15) is 12.1 Å². The van der Waals surface area contributed by atoms with Gasteiger partial charge in [0.2, 0.25) is 11.6 Å². The number of nitrogens with one attached hydrogen (secondary N) is 1. The van der Waals surface area contributed by atoms with Crippen LogP contribution in [-0.4, -0.2) is 26.5 Å². The molecular weight excluding hydrogens is 262 g/mol. The van der Waals surface area contributed by atoms with E-state index < -0.39 is 4.92 Å². The Morgan fingerprint density at radius 2 is 2.00 bits per heavy atom. The van der Waals surface area contributed by atoms with Crippen molar-refractivity contribution < 1.29 is 10.0 Å². The highest BCUT2D eigenvalue weighted by Gasteiger charge is 2.20. The highest BCUT2D eigenvalue weighted by atomic mass is 16.6. The molecule has 1 aromatic carbocycles. The molecule has 1 aromatic heterocycles. The summed E-state index contributed by atoms with van der Waals surface area (Å²) in [5, 5.41) is 22.9. The zero-order valence-corrected chi connectivity index (χ0v) is 10.5. The summed E-state index contributed by atoms with van der Waals surface area (Å²) in [7, 11) is 0. The summed E-state index contributed by atoms with van der Waals surface area (Å²) in [6, 6.07) is 6.72. The minimum absolute atomic E-state index is 0.0984. The number of nitrogens with zero attached hydrogens (tertiary/aromatic N) is 3. The van der Waals surface area contributed by atoms with E-state index in [-0.39, 0.29) is 23.1 Å². The maximum absolute atomic E-state index is 10.9. The van der Waals surface area contributed by atoms with E-state index in [9.17, 15) is 10.1 Å². The number of rotatable bonds is 5. The Morgan fingerprint density at radius 3 is 2.65 bits per heavy atom. The van der Waals surface area contributed by atoms with Gasteiger partial charge in [-0.05, 0) is 24.1 Å². The maximum atomic E-state index is 10.9. The van der Waals surface area contributed by atoms with E-state index in [1.165, 1.54) is 6.33 Å². The van der Waals surface area contributed by atoms with E-state index in [2.05, 4.69) is 15.3 Å². The van der Waals surface area contributed by atoms with Gasteiger partial charge in [0.15, 0.2) is 0 Å². The lowest BCUT2D eigenvalue weighted by atomic mass is 10.1. The largest absolute Gasteiger partial charge is 0.508 e. The zero-order chi connectivity index (χ0) is 14.5. The number of nitro groups is 1.